The average Bonchev–Trinajstić information content (AvgIpc) is 3.26. The lowest BCUT2D eigenvalue weighted by molar-refractivity contribution is -0.155. The largest absolute Gasteiger partial charge is 0.481 e. The number of nitrogens with one attached hydrogen (secondary N) is 1. The number of fused-ring (bicyclic) bond motifs is 1. The van der Waals surface area contributed by atoms with E-state index in [1.54, 1.807) is 24.3 Å². The molecular formula is C24H24N2O8S. The van der Waals surface area contributed by atoms with Gasteiger partial charge < -0.3 is 10.2 Å². The van der Waals surface area contributed by atoms with E-state index in [0.717, 1.165) is 22.3 Å². The number of carboxylic acid groups (broad SMARTS) is 2. The first-order chi connectivity index (χ1) is 16.4. The first-order valence-electron chi connectivity index (χ1n) is 10.9. The number of rotatable bonds is 8. The van der Waals surface area contributed by atoms with Gasteiger partial charge in [-0.15, -0.1) is 0 Å². The van der Waals surface area contributed by atoms with E-state index in [0.29, 0.717) is 5.56 Å². The zero-order valence-electron chi connectivity index (χ0n) is 18.7. The summed E-state index contributed by atoms with van der Waals surface area (Å²) in [4.78, 5) is 51.3. The molecule has 0 aromatic heterocycles. The van der Waals surface area contributed by atoms with Gasteiger partial charge in [0, 0.05) is 18.8 Å². The Bertz CT molecular complexity index is 1290. The van der Waals surface area contributed by atoms with E-state index in [1.807, 2.05) is 30.3 Å². The van der Waals surface area contributed by atoms with Gasteiger partial charge in [-0.3, -0.25) is 29.4 Å². The van der Waals surface area contributed by atoms with E-state index in [4.69, 9.17) is 0 Å². The smallest absolute Gasteiger partial charge is 0.325 e. The predicted molar refractivity (Wildman–Crippen MR) is 124 cm³/mol. The Balaban J connectivity index is 1.75. The van der Waals surface area contributed by atoms with Crippen molar-refractivity contribution in [3.63, 3.8) is 0 Å². The van der Waals surface area contributed by atoms with Gasteiger partial charge in [0.05, 0.1) is 24.0 Å². The molecule has 11 heteroatoms. The molecule has 0 radical (unpaired) electrons. The number of hydrogen-bond donors (Lipinski definition) is 3. The van der Waals surface area contributed by atoms with Gasteiger partial charge in [0.15, 0.2) is 0 Å². The summed E-state index contributed by atoms with van der Waals surface area (Å²) in [6.45, 7) is -0.425. The van der Waals surface area contributed by atoms with Gasteiger partial charge in [0.1, 0.15) is 15.4 Å². The van der Waals surface area contributed by atoms with Crippen molar-refractivity contribution < 1.29 is 37.8 Å². The normalized spacial score (nSPS) is 26.1. The number of imide groups is 1. The van der Waals surface area contributed by atoms with Gasteiger partial charge in [-0.1, -0.05) is 54.6 Å². The van der Waals surface area contributed by atoms with Crippen LogP contribution in [0.5, 0.6) is 0 Å². The Labute approximate surface area is 201 Å². The lowest BCUT2D eigenvalue weighted by atomic mass is 9.77. The molecule has 4 unspecified atom stereocenters. The van der Waals surface area contributed by atoms with Crippen LogP contribution >= 0.6 is 0 Å². The molecule has 0 spiro atoms. The Morgan fingerprint density at radius 3 is 2.11 bits per heavy atom. The fourth-order valence-electron chi connectivity index (χ4n) is 5.01. The van der Waals surface area contributed by atoms with E-state index in [-0.39, 0.29) is 0 Å². The number of benzene rings is 2. The van der Waals surface area contributed by atoms with Gasteiger partial charge in [-0.2, -0.15) is 0 Å². The first-order valence-corrected chi connectivity index (χ1v) is 12.9. The van der Waals surface area contributed by atoms with Crippen LogP contribution in [0.25, 0.3) is 11.1 Å². The van der Waals surface area contributed by atoms with E-state index in [9.17, 15) is 37.8 Å². The van der Waals surface area contributed by atoms with Gasteiger partial charge in [-0.25, -0.2) is 8.42 Å². The molecule has 0 saturated carbocycles. The summed E-state index contributed by atoms with van der Waals surface area (Å²) < 4.78 is 23.3. The number of carboxylic acids is 2. The van der Waals surface area contributed by atoms with Crippen LogP contribution in [0, 0.1) is 11.8 Å². The summed E-state index contributed by atoms with van der Waals surface area (Å²) in [6, 6.07) is 15.5. The lowest BCUT2D eigenvalue weighted by Gasteiger charge is -2.29. The van der Waals surface area contributed by atoms with Crippen molar-refractivity contribution in [1.82, 2.24) is 10.2 Å². The standard InChI is InChI=1S/C24H24N2O8S/c1-35(33,34)12-11-26-21(29)18-19(22(26)30)24(23(31)32,13-17(27)28)25-20(18)16-9-7-15(8-10-16)14-5-3-2-4-6-14/h2-10,18-20,25H,11-13H2,1H3,(H,27,28)(H,31,32). The van der Waals surface area contributed by atoms with Crippen molar-refractivity contribution in [2.75, 3.05) is 18.6 Å². The van der Waals surface area contributed by atoms with Gasteiger partial charge in [-0.05, 0) is 16.7 Å². The lowest BCUT2D eigenvalue weighted by Crippen LogP contribution is -2.57. The third kappa shape index (κ3) is 4.44. The molecule has 2 aromatic rings. The van der Waals surface area contributed by atoms with Crippen molar-refractivity contribution in [3.05, 3.63) is 60.2 Å². The van der Waals surface area contributed by atoms with E-state index in [1.165, 1.54) is 0 Å². The third-order valence-electron chi connectivity index (χ3n) is 6.62. The molecule has 10 nitrogen and oxygen atoms in total. The maximum atomic E-state index is 13.3. The fraction of sp³-hybridized carbons (Fsp3) is 0.333. The minimum atomic E-state index is -3.52. The van der Waals surface area contributed by atoms with E-state index >= 15 is 0 Å². The van der Waals surface area contributed by atoms with Crippen molar-refractivity contribution in [3.8, 4) is 11.1 Å². The Kier molecular flexibility index (Phi) is 6.24. The highest BCUT2D eigenvalue weighted by Gasteiger charge is 2.69. The predicted octanol–water partition coefficient (Wildman–Crippen LogP) is 0.942. The zero-order valence-corrected chi connectivity index (χ0v) is 19.6. The Morgan fingerprint density at radius 1 is 0.971 bits per heavy atom. The summed E-state index contributed by atoms with van der Waals surface area (Å²) in [7, 11) is -3.52. The molecule has 4 atom stereocenters. The second-order valence-electron chi connectivity index (χ2n) is 8.92. The first kappa shape index (κ1) is 24.6. The topological polar surface area (TPSA) is 158 Å². The molecule has 2 aromatic carbocycles. The molecule has 184 valence electrons. The molecule has 3 N–H and O–H groups in total. The Hall–Kier alpha value is -3.57. The molecule has 4 rings (SSSR count). The van der Waals surface area contributed by atoms with Crippen molar-refractivity contribution in [1.29, 1.82) is 0 Å². The maximum Gasteiger partial charge on any atom is 0.325 e. The number of hydrogen-bond acceptors (Lipinski definition) is 7. The molecule has 2 aliphatic heterocycles. The molecule has 2 fully saturated rings. The summed E-state index contributed by atoms with van der Waals surface area (Å²) in [5.74, 6) is -7.79. The van der Waals surface area contributed by atoms with E-state index in [2.05, 4.69) is 5.32 Å². The fourth-order valence-corrected chi connectivity index (χ4v) is 5.53. The maximum absolute atomic E-state index is 13.3. The number of sulfone groups is 1. The van der Waals surface area contributed by atoms with Crippen molar-refractivity contribution in [2.24, 2.45) is 11.8 Å². The van der Waals surface area contributed by atoms with Crippen LogP contribution in [0.1, 0.15) is 18.0 Å². The van der Waals surface area contributed by atoms with Crippen LogP contribution in [-0.4, -0.2) is 71.4 Å². The second-order valence-corrected chi connectivity index (χ2v) is 11.2. The van der Waals surface area contributed by atoms with E-state index < -0.39 is 75.7 Å². The van der Waals surface area contributed by atoms with Crippen LogP contribution in [-0.2, 0) is 29.0 Å². The number of amides is 2. The highest BCUT2D eigenvalue weighted by Crippen LogP contribution is 2.50. The third-order valence-corrected chi connectivity index (χ3v) is 7.54. The quantitative estimate of drug-likeness (QED) is 0.449. The summed E-state index contributed by atoms with van der Waals surface area (Å²) >= 11 is 0. The van der Waals surface area contributed by atoms with Crippen molar-refractivity contribution >= 4 is 33.6 Å². The van der Waals surface area contributed by atoms with Crippen LogP contribution in [0.2, 0.25) is 0 Å². The van der Waals surface area contributed by atoms with Crippen LogP contribution in [0.3, 0.4) is 0 Å². The van der Waals surface area contributed by atoms with Gasteiger partial charge in [0.25, 0.3) is 0 Å². The highest BCUT2D eigenvalue weighted by atomic mass is 32.2. The second kappa shape index (κ2) is 8.90. The van der Waals surface area contributed by atoms with Gasteiger partial charge in [0.2, 0.25) is 11.8 Å². The molecule has 2 saturated heterocycles. The number of carbonyl (C=O) groups is 4. The molecular weight excluding hydrogens is 476 g/mol. The molecule has 2 heterocycles. The summed E-state index contributed by atoms with van der Waals surface area (Å²) in [5, 5.41) is 22.3. The molecule has 0 aliphatic carbocycles. The highest BCUT2D eigenvalue weighted by molar-refractivity contribution is 7.90. The number of nitrogens with zero attached hydrogens (tertiary/aromatic N) is 1. The zero-order chi connectivity index (χ0) is 25.5. The summed E-state index contributed by atoms with van der Waals surface area (Å²) in [6.07, 6.45) is 0.0323. The van der Waals surface area contributed by atoms with Crippen LogP contribution in [0.15, 0.2) is 54.6 Å². The Morgan fingerprint density at radius 2 is 1.57 bits per heavy atom. The number of carbonyl (C=O) groups excluding carboxylic acids is 2. The number of likely N-dealkylation sites (tertiary alicyclic amines) is 1. The van der Waals surface area contributed by atoms with Crippen LogP contribution in [0.4, 0.5) is 0 Å². The van der Waals surface area contributed by atoms with Gasteiger partial charge >= 0.3 is 11.9 Å². The molecule has 2 amide bonds. The molecule has 35 heavy (non-hydrogen) atoms. The monoisotopic (exact) mass is 500 g/mol. The summed E-state index contributed by atoms with van der Waals surface area (Å²) in [5.41, 5.74) is 0.106. The molecule has 2 aliphatic rings. The minimum Gasteiger partial charge on any atom is -0.481 e. The van der Waals surface area contributed by atoms with Crippen LogP contribution < -0.4 is 5.32 Å². The molecule has 0 bridgehead atoms. The number of aliphatic carboxylic acids is 2. The average molecular weight is 501 g/mol. The minimum absolute atomic E-state index is 0.425. The SMILES string of the molecule is CS(=O)(=O)CCN1C(=O)C2C(c3ccc(-c4ccccc4)cc3)NC(CC(=O)O)(C(=O)O)C2C1=O. The van der Waals surface area contributed by atoms with Crippen molar-refractivity contribution in [2.45, 2.75) is 18.0 Å².